The van der Waals surface area contributed by atoms with Crippen molar-refractivity contribution in [2.24, 2.45) is 0 Å². The van der Waals surface area contributed by atoms with Gasteiger partial charge in [0.15, 0.2) is 0 Å². The van der Waals surface area contributed by atoms with Gasteiger partial charge in [0.1, 0.15) is 23.5 Å². The van der Waals surface area contributed by atoms with E-state index in [2.05, 4.69) is 17.2 Å². The Hall–Kier alpha value is -2.83. The lowest BCUT2D eigenvalue weighted by molar-refractivity contribution is 0.109. The number of hydrogen-bond donors (Lipinski definition) is 2. The van der Waals surface area contributed by atoms with Crippen LogP contribution in [0, 0.1) is 0 Å². The van der Waals surface area contributed by atoms with Crippen molar-refractivity contribution < 1.29 is 14.7 Å². The summed E-state index contributed by atoms with van der Waals surface area (Å²) in [6, 6.07) is 7.97. The normalized spacial score (nSPS) is 11.1. The van der Waals surface area contributed by atoms with E-state index in [0.29, 0.717) is 13.2 Å². The Morgan fingerprint density at radius 1 is 1.23 bits per heavy atom. The molecule has 0 saturated carbocycles. The van der Waals surface area contributed by atoms with Crippen LogP contribution in [0.15, 0.2) is 30.5 Å². The van der Waals surface area contributed by atoms with Crippen molar-refractivity contribution in [1.29, 1.82) is 0 Å². The summed E-state index contributed by atoms with van der Waals surface area (Å²) in [5.41, 5.74) is 2.70. The number of aromatic nitrogens is 3. The fourth-order valence-electron chi connectivity index (χ4n) is 2.93. The monoisotopic (exact) mass is 356 g/mol. The molecule has 2 N–H and O–H groups in total. The van der Waals surface area contributed by atoms with Crippen LogP contribution in [-0.4, -0.2) is 39.0 Å². The van der Waals surface area contributed by atoms with Crippen molar-refractivity contribution >= 4 is 28.0 Å². The molecule has 0 atom stereocenters. The summed E-state index contributed by atoms with van der Waals surface area (Å²) in [5.74, 6) is 0.906. The number of pyridine rings is 1. The van der Waals surface area contributed by atoms with Crippen molar-refractivity contribution in [2.75, 3.05) is 13.2 Å². The number of fused-ring (bicyclic) bond motifs is 3. The first-order valence-electron chi connectivity index (χ1n) is 9.06. The number of rotatable bonds is 9. The van der Waals surface area contributed by atoms with E-state index in [1.165, 1.54) is 0 Å². The maximum Gasteiger partial charge on any atom is 0.404 e. The highest BCUT2D eigenvalue weighted by molar-refractivity contribution is 6.02. The number of unbranched alkanes of at least 4 members (excludes halogenated alkanes) is 2. The Kier molecular flexibility index (Phi) is 5.88. The summed E-state index contributed by atoms with van der Waals surface area (Å²) in [5, 5.41) is 12.0. The average Bonchev–Trinajstić information content (AvgIpc) is 3.00. The first-order chi connectivity index (χ1) is 12.7. The molecule has 0 aliphatic carbocycles. The number of aryl methyl sites for hydroxylation is 1. The number of para-hydroxylation sites is 1. The van der Waals surface area contributed by atoms with E-state index < -0.39 is 6.09 Å². The van der Waals surface area contributed by atoms with E-state index in [4.69, 9.17) is 14.9 Å². The lowest BCUT2D eigenvalue weighted by atomic mass is 10.2. The van der Waals surface area contributed by atoms with Crippen LogP contribution < -0.4 is 10.2 Å². The molecule has 1 aromatic carbocycles. The second kappa shape index (κ2) is 8.51. The van der Waals surface area contributed by atoms with Gasteiger partial charge in [-0.3, -0.25) is 4.98 Å². The molecule has 0 spiro atoms. The highest BCUT2D eigenvalue weighted by Gasteiger charge is 2.15. The third kappa shape index (κ3) is 4.04. The largest absolute Gasteiger partial charge is 0.465 e. The minimum absolute atomic E-state index is 0.429. The van der Waals surface area contributed by atoms with Crippen molar-refractivity contribution in [2.45, 2.75) is 39.0 Å². The average molecular weight is 356 g/mol. The molecule has 2 aromatic heterocycles. The lowest BCUT2D eigenvalue weighted by Crippen LogP contribution is -2.23. The standard InChI is InChI=1S/C19H24N4O3/c1-2-3-10-17-22-16-13-21-15-9-5-4-8-14(15)18(16)23(17)26-12-7-6-11-20-19(24)25/h4-5,8-9,13,20H,2-3,6-7,10-12H2,1H3,(H,24,25). The molecule has 7 nitrogen and oxygen atoms in total. The van der Waals surface area contributed by atoms with Gasteiger partial charge in [0, 0.05) is 18.4 Å². The fourth-order valence-corrected chi connectivity index (χ4v) is 2.93. The summed E-state index contributed by atoms with van der Waals surface area (Å²) in [6.45, 7) is 3.09. The zero-order chi connectivity index (χ0) is 18.4. The van der Waals surface area contributed by atoms with Gasteiger partial charge in [0.05, 0.1) is 11.7 Å². The quantitative estimate of drug-likeness (QED) is 0.574. The minimum atomic E-state index is -0.993. The molecule has 0 saturated heterocycles. The lowest BCUT2D eigenvalue weighted by Gasteiger charge is -2.12. The number of amides is 1. The van der Waals surface area contributed by atoms with Crippen LogP contribution in [0.5, 0.6) is 0 Å². The predicted octanol–water partition coefficient (Wildman–Crippen LogP) is 3.40. The summed E-state index contributed by atoms with van der Waals surface area (Å²) >= 11 is 0. The first kappa shape index (κ1) is 18.0. The van der Waals surface area contributed by atoms with Crippen molar-refractivity contribution in [3.05, 3.63) is 36.3 Å². The second-order valence-electron chi connectivity index (χ2n) is 6.21. The van der Waals surface area contributed by atoms with Gasteiger partial charge in [-0.15, -0.1) is 0 Å². The number of carbonyl (C=O) groups is 1. The van der Waals surface area contributed by atoms with Crippen molar-refractivity contribution in [3.63, 3.8) is 0 Å². The molecule has 0 aliphatic heterocycles. The molecule has 0 aliphatic rings. The van der Waals surface area contributed by atoms with Crippen LogP contribution in [0.4, 0.5) is 4.79 Å². The Labute approximate surface area is 152 Å². The first-order valence-corrected chi connectivity index (χ1v) is 9.06. The van der Waals surface area contributed by atoms with Gasteiger partial charge < -0.3 is 15.3 Å². The van der Waals surface area contributed by atoms with E-state index in [1.54, 1.807) is 6.20 Å². The van der Waals surface area contributed by atoms with Crippen molar-refractivity contribution in [3.8, 4) is 0 Å². The molecule has 3 aromatic rings. The molecule has 3 rings (SSSR count). The molecular formula is C19H24N4O3. The van der Waals surface area contributed by atoms with Crippen LogP contribution >= 0.6 is 0 Å². The Morgan fingerprint density at radius 3 is 2.88 bits per heavy atom. The third-order valence-electron chi connectivity index (χ3n) is 4.24. The van der Waals surface area contributed by atoms with Crippen LogP contribution in [0.3, 0.4) is 0 Å². The van der Waals surface area contributed by atoms with Crippen molar-refractivity contribution in [1.82, 2.24) is 20.0 Å². The smallest absolute Gasteiger partial charge is 0.404 e. The molecule has 0 bridgehead atoms. The molecule has 1 amide bonds. The molecule has 2 heterocycles. The Morgan fingerprint density at radius 2 is 2.08 bits per heavy atom. The van der Waals surface area contributed by atoms with Crippen LogP contribution in [0.2, 0.25) is 0 Å². The van der Waals surface area contributed by atoms with E-state index in [9.17, 15) is 4.79 Å². The maximum atomic E-state index is 10.5. The Balaban J connectivity index is 1.82. The second-order valence-corrected chi connectivity index (χ2v) is 6.21. The number of carboxylic acid groups (broad SMARTS) is 1. The summed E-state index contributed by atoms with van der Waals surface area (Å²) in [6.07, 6.45) is 5.27. The van der Waals surface area contributed by atoms with E-state index >= 15 is 0 Å². The SMILES string of the molecule is CCCCc1nc2cnc3ccccc3c2n1OCCCCNC(=O)O. The van der Waals surface area contributed by atoms with Gasteiger partial charge >= 0.3 is 6.09 Å². The van der Waals surface area contributed by atoms with Gasteiger partial charge in [0.2, 0.25) is 0 Å². The zero-order valence-electron chi connectivity index (χ0n) is 14.9. The Bertz CT molecular complexity index is 891. The topological polar surface area (TPSA) is 89.3 Å². The van der Waals surface area contributed by atoms with E-state index in [0.717, 1.165) is 59.9 Å². The predicted molar refractivity (Wildman–Crippen MR) is 100 cm³/mol. The highest BCUT2D eigenvalue weighted by Crippen LogP contribution is 2.24. The fraction of sp³-hybridized carbons (Fsp3) is 0.421. The molecule has 7 heteroatoms. The van der Waals surface area contributed by atoms with Gasteiger partial charge in [-0.2, -0.15) is 4.73 Å². The van der Waals surface area contributed by atoms with Crippen LogP contribution in [0.1, 0.15) is 38.4 Å². The number of benzene rings is 1. The number of hydrogen-bond acceptors (Lipinski definition) is 4. The van der Waals surface area contributed by atoms with Gasteiger partial charge in [-0.1, -0.05) is 31.5 Å². The zero-order valence-corrected chi connectivity index (χ0v) is 14.9. The van der Waals surface area contributed by atoms with Gasteiger partial charge in [-0.25, -0.2) is 9.78 Å². The molecular weight excluding hydrogens is 332 g/mol. The van der Waals surface area contributed by atoms with Gasteiger partial charge in [0.25, 0.3) is 0 Å². The molecule has 0 fully saturated rings. The van der Waals surface area contributed by atoms with Crippen LogP contribution in [-0.2, 0) is 6.42 Å². The summed E-state index contributed by atoms with van der Waals surface area (Å²) < 4.78 is 1.85. The van der Waals surface area contributed by atoms with Gasteiger partial charge in [-0.05, 0) is 25.3 Å². The summed E-state index contributed by atoms with van der Waals surface area (Å²) in [7, 11) is 0. The number of nitrogens with one attached hydrogen (secondary N) is 1. The number of imidazole rings is 1. The molecule has 138 valence electrons. The summed E-state index contributed by atoms with van der Waals surface area (Å²) in [4.78, 5) is 25.7. The molecule has 0 unspecified atom stereocenters. The minimum Gasteiger partial charge on any atom is -0.465 e. The van der Waals surface area contributed by atoms with E-state index in [-0.39, 0.29) is 0 Å². The maximum absolute atomic E-state index is 10.5. The van der Waals surface area contributed by atoms with E-state index in [1.807, 2.05) is 29.0 Å². The third-order valence-corrected chi connectivity index (χ3v) is 4.24. The number of nitrogens with zero attached hydrogens (tertiary/aromatic N) is 3. The highest BCUT2D eigenvalue weighted by atomic mass is 16.7. The molecule has 26 heavy (non-hydrogen) atoms. The van der Waals surface area contributed by atoms with Crippen LogP contribution in [0.25, 0.3) is 21.9 Å². The molecule has 0 radical (unpaired) electrons.